The maximum Gasteiger partial charge on any atom is 0.343 e. The average Bonchev–Trinajstić information content (AvgIpc) is 2.76. The Labute approximate surface area is 177 Å². The summed E-state index contributed by atoms with van der Waals surface area (Å²) in [6, 6.07) is 18.9. The number of hydrazone groups is 1. The van der Waals surface area contributed by atoms with Gasteiger partial charge in [-0.2, -0.15) is 5.10 Å². The molecule has 0 aromatic heterocycles. The number of nitrogens with one attached hydrogen (secondary N) is 2. The summed E-state index contributed by atoms with van der Waals surface area (Å²) in [4.78, 5) is 36.1. The van der Waals surface area contributed by atoms with Crippen molar-refractivity contribution in [2.24, 2.45) is 5.10 Å². The quantitative estimate of drug-likeness (QED) is 0.218. The van der Waals surface area contributed by atoms with Gasteiger partial charge in [0, 0.05) is 5.56 Å². The van der Waals surface area contributed by atoms with Gasteiger partial charge in [-0.25, -0.2) is 14.6 Å². The lowest BCUT2D eigenvalue weighted by Crippen LogP contribution is -2.32. The van der Waals surface area contributed by atoms with Gasteiger partial charge >= 0.3 is 17.8 Å². The second-order valence-electron chi connectivity index (χ2n) is 6.43. The molecule has 156 valence electrons. The number of nitrogens with zero attached hydrogens (tertiary/aromatic N) is 1. The van der Waals surface area contributed by atoms with Gasteiger partial charge in [-0.1, -0.05) is 42.0 Å². The minimum Gasteiger partial charge on any atom is -0.422 e. The fourth-order valence-electron chi connectivity index (χ4n) is 2.48. The van der Waals surface area contributed by atoms with Crippen LogP contribution in [0.5, 0.6) is 5.75 Å². The zero-order valence-corrected chi connectivity index (χ0v) is 16.5. The molecule has 8 heteroatoms. The number of ether oxygens (including phenoxy) is 1. The first-order chi connectivity index (χ1) is 14.9. The first kappa shape index (κ1) is 21.4. The second kappa shape index (κ2) is 9.93. The van der Waals surface area contributed by atoms with Gasteiger partial charge in [-0.3, -0.25) is 9.59 Å². The third-order valence-corrected chi connectivity index (χ3v) is 4.11. The normalized spacial score (nSPS) is 10.5. The molecule has 3 rings (SSSR count). The molecule has 0 unspecified atom stereocenters. The Bertz CT molecular complexity index is 1140. The number of benzene rings is 3. The lowest BCUT2D eigenvalue weighted by Gasteiger charge is -2.07. The molecule has 0 aliphatic rings. The van der Waals surface area contributed by atoms with E-state index < -0.39 is 23.6 Å². The largest absolute Gasteiger partial charge is 0.422 e. The van der Waals surface area contributed by atoms with Crippen LogP contribution < -0.4 is 15.5 Å². The Morgan fingerprint density at radius 1 is 0.903 bits per heavy atom. The van der Waals surface area contributed by atoms with Crippen LogP contribution in [0.4, 0.5) is 10.1 Å². The highest BCUT2D eigenvalue weighted by molar-refractivity contribution is 6.39. The van der Waals surface area contributed by atoms with E-state index in [0.29, 0.717) is 11.1 Å². The summed E-state index contributed by atoms with van der Waals surface area (Å²) >= 11 is 0. The van der Waals surface area contributed by atoms with Gasteiger partial charge < -0.3 is 10.1 Å². The van der Waals surface area contributed by atoms with Crippen LogP contribution in [-0.4, -0.2) is 24.0 Å². The summed E-state index contributed by atoms with van der Waals surface area (Å²) in [5.74, 6) is -3.16. The van der Waals surface area contributed by atoms with Gasteiger partial charge in [-0.15, -0.1) is 0 Å². The summed E-state index contributed by atoms with van der Waals surface area (Å²) in [6.07, 6.45) is 1.23. The average molecular weight is 419 g/mol. The predicted molar refractivity (Wildman–Crippen MR) is 113 cm³/mol. The van der Waals surface area contributed by atoms with Crippen molar-refractivity contribution in [3.05, 3.63) is 95.3 Å². The van der Waals surface area contributed by atoms with Crippen molar-refractivity contribution in [3.63, 3.8) is 0 Å². The highest BCUT2D eigenvalue weighted by Crippen LogP contribution is 2.18. The molecular formula is C23H18FN3O4. The third kappa shape index (κ3) is 5.83. The zero-order chi connectivity index (χ0) is 22.2. The Morgan fingerprint density at radius 3 is 2.32 bits per heavy atom. The number of anilines is 1. The Balaban J connectivity index is 1.62. The smallest absolute Gasteiger partial charge is 0.343 e. The third-order valence-electron chi connectivity index (χ3n) is 4.11. The first-order valence-corrected chi connectivity index (χ1v) is 9.21. The number of amides is 2. The number of carbonyl (C=O) groups excluding carboxylic acids is 3. The molecule has 31 heavy (non-hydrogen) atoms. The molecule has 0 aliphatic heterocycles. The molecule has 0 saturated carbocycles. The summed E-state index contributed by atoms with van der Waals surface area (Å²) in [6.45, 7) is 1.91. The summed E-state index contributed by atoms with van der Waals surface area (Å²) < 4.78 is 19.0. The fraction of sp³-hybridized carbons (Fsp3) is 0.0435. The maximum atomic E-state index is 13.6. The maximum absolute atomic E-state index is 13.6. The van der Waals surface area contributed by atoms with Crippen LogP contribution in [-0.2, 0) is 9.59 Å². The molecule has 0 atom stereocenters. The van der Waals surface area contributed by atoms with E-state index in [9.17, 15) is 18.8 Å². The number of hydrogen-bond donors (Lipinski definition) is 2. The number of aryl methyl sites for hydroxylation is 1. The van der Waals surface area contributed by atoms with Gasteiger partial charge in [0.25, 0.3) is 0 Å². The molecule has 0 fully saturated rings. The molecule has 2 amide bonds. The molecule has 2 N–H and O–H groups in total. The van der Waals surface area contributed by atoms with Crippen LogP contribution in [0, 0.1) is 12.7 Å². The minimum absolute atomic E-state index is 0.125. The number of carbonyl (C=O) groups is 3. The van der Waals surface area contributed by atoms with E-state index in [1.165, 1.54) is 24.4 Å². The number of rotatable bonds is 5. The van der Waals surface area contributed by atoms with E-state index in [1.54, 1.807) is 48.5 Å². The van der Waals surface area contributed by atoms with E-state index in [2.05, 4.69) is 10.4 Å². The van der Waals surface area contributed by atoms with Crippen LogP contribution in [0.15, 0.2) is 77.9 Å². The van der Waals surface area contributed by atoms with E-state index in [0.717, 1.165) is 11.6 Å². The van der Waals surface area contributed by atoms with Crippen LogP contribution in [0.3, 0.4) is 0 Å². The van der Waals surface area contributed by atoms with E-state index in [4.69, 9.17) is 4.74 Å². The topological polar surface area (TPSA) is 96.9 Å². The van der Waals surface area contributed by atoms with Crippen molar-refractivity contribution in [2.75, 3.05) is 5.32 Å². The molecule has 0 aliphatic carbocycles. The molecule has 3 aromatic carbocycles. The molecular weight excluding hydrogens is 401 g/mol. The second-order valence-corrected chi connectivity index (χ2v) is 6.43. The predicted octanol–water partition coefficient (Wildman–Crippen LogP) is 3.44. The lowest BCUT2D eigenvalue weighted by molar-refractivity contribution is -0.136. The zero-order valence-electron chi connectivity index (χ0n) is 16.5. The van der Waals surface area contributed by atoms with Gasteiger partial charge in [0.05, 0.1) is 17.5 Å². The van der Waals surface area contributed by atoms with Gasteiger partial charge in [-0.05, 0) is 43.3 Å². The van der Waals surface area contributed by atoms with E-state index in [1.807, 2.05) is 12.3 Å². The lowest BCUT2D eigenvalue weighted by atomic mass is 10.1. The Hall–Kier alpha value is -4.33. The highest BCUT2D eigenvalue weighted by Gasteiger charge is 2.15. The van der Waals surface area contributed by atoms with Crippen molar-refractivity contribution >= 4 is 29.7 Å². The van der Waals surface area contributed by atoms with Crippen LogP contribution in [0.1, 0.15) is 21.5 Å². The number of para-hydroxylation sites is 2. The van der Waals surface area contributed by atoms with Gasteiger partial charge in [0.15, 0.2) is 0 Å². The SMILES string of the molecule is Cc1ccc(C(=O)Oc2ccccc2C=NNC(=O)C(=O)Nc2ccccc2F)cc1. The van der Waals surface area contributed by atoms with Crippen molar-refractivity contribution < 1.29 is 23.5 Å². The summed E-state index contributed by atoms with van der Waals surface area (Å²) in [5, 5.41) is 5.86. The summed E-state index contributed by atoms with van der Waals surface area (Å²) in [7, 11) is 0. The van der Waals surface area contributed by atoms with Crippen molar-refractivity contribution in [1.82, 2.24) is 5.43 Å². The fourth-order valence-corrected chi connectivity index (χ4v) is 2.48. The molecule has 0 saturated heterocycles. The monoisotopic (exact) mass is 419 g/mol. The van der Waals surface area contributed by atoms with Crippen LogP contribution in [0.25, 0.3) is 0 Å². The van der Waals surface area contributed by atoms with E-state index >= 15 is 0 Å². The first-order valence-electron chi connectivity index (χ1n) is 9.21. The van der Waals surface area contributed by atoms with Gasteiger partial charge in [0.1, 0.15) is 11.6 Å². The van der Waals surface area contributed by atoms with E-state index in [-0.39, 0.29) is 11.4 Å². The number of esters is 1. The standard InChI is InChI=1S/C23H18FN3O4/c1-15-10-12-16(13-11-15)23(30)31-20-9-5-2-6-17(20)14-25-27-22(29)21(28)26-19-8-4-3-7-18(19)24/h2-14H,1H3,(H,26,28)(H,27,29). The molecule has 7 nitrogen and oxygen atoms in total. The summed E-state index contributed by atoms with van der Waals surface area (Å²) in [5.41, 5.74) is 3.72. The number of halogens is 1. The number of hydrogen-bond acceptors (Lipinski definition) is 5. The molecule has 0 spiro atoms. The van der Waals surface area contributed by atoms with Crippen LogP contribution in [0.2, 0.25) is 0 Å². The minimum atomic E-state index is -1.09. The molecule has 0 bridgehead atoms. The Morgan fingerprint density at radius 2 is 1.58 bits per heavy atom. The highest BCUT2D eigenvalue weighted by atomic mass is 19.1. The Kier molecular flexibility index (Phi) is 6.85. The molecule has 0 heterocycles. The molecule has 0 radical (unpaired) electrons. The van der Waals surface area contributed by atoms with Crippen molar-refractivity contribution in [2.45, 2.75) is 6.92 Å². The van der Waals surface area contributed by atoms with Crippen LogP contribution >= 0.6 is 0 Å². The van der Waals surface area contributed by atoms with Crippen molar-refractivity contribution in [3.8, 4) is 5.75 Å². The van der Waals surface area contributed by atoms with Gasteiger partial charge in [0.2, 0.25) is 0 Å². The molecule has 3 aromatic rings. The van der Waals surface area contributed by atoms with Crippen molar-refractivity contribution in [1.29, 1.82) is 0 Å².